The van der Waals surface area contributed by atoms with Crippen molar-refractivity contribution < 1.29 is 4.79 Å². The largest absolute Gasteiger partial charge is 0.354 e. The Hall–Kier alpha value is -2.77. The number of rotatable bonds is 5. The van der Waals surface area contributed by atoms with Gasteiger partial charge in [-0.15, -0.1) is 11.3 Å². The number of carbonyl (C=O) groups is 1. The van der Waals surface area contributed by atoms with Gasteiger partial charge in [0.2, 0.25) is 5.91 Å². The van der Waals surface area contributed by atoms with E-state index >= 15 is 0 Å². The van der Waals surface area contributed by atoms with E-state index in [1.807, 2.05) is 36.4 Å². The number of aryl methyl sites for hydroxylation is 1. The zero-order valence-corrected chi connectivity index (χ0v) is 16.7. The zero-order chi connectivity index (χ0) is 19.7. The van der Waals surface area contributed by atoms with Gasteiger partial charge in [0.1, 0.15) is 21.9 Å². The minimum absolute atomic E-state index is 0.0596. The summed E-state index contributed by atoms with van der Waals surface area (Å²) >= 11 is 7.18. The van der Waals surface area contributed by atoms with Gasteiger partial charge in [0.25, 0.3) is 5.56 Å². The summed E-state index contributed by atoms with van der Waals surface area (Å²) in [5.41, 5.74) is 1.52. The molecule has 0 spiro atoms. The van der Waals surface area contributed by atoms with Crippen LogP contribution in [0.2, 0.25) is 5.02 Å². The minimum atomic E-state index is -0.223. The molecule has 0 atom stereocenters. The van der Waals surface area contributed by atoms with Crippen molar-refractivity contribution in [1.82, 2.24) is 19.9 Å². The third-order valence-electron chi connectivity index (χ3n) is 4.49. The Morgan fingerprint density at radius 1 is 1.25 bits per heavy atom. The number of fused-ring (bicyclic) bond motifs is 3. The molecule has 4 rings (SSSR count). The van der Waals surface area contributed by atoms with E-state index in [0.717, 1.165) is 15.8 Å². The van der Waals surface area contributed by atoms with Crippen LogP contribution in [-0.4, -0.2) is 27.0 Å². The summed E-state index contributed by atoms with van der Waals surface area (Å²) in [6, 6.07) is 11.2. The summed E-state index contributed by atoms with van der Waals surface area (Å²) in [4.78, 5) is 34.9. The second-order valence-electron chi connectivity index (χ2n) is 6.41. The monoisotopic (exact) mass is 412 g/mol. The molecule has 1 aromatic carbocycles. The van der Waals surface area contributed by atoms with E-state index in [0.29, 0.717) is 34.0 Å². The van der Waals surface area contributed by atoms with E-state index < -0.39 is 0 Å². The molecule has 0 saturated heterocycles. The number of thiophene rings is 1. The normalized spacial score (nSPS) is 11.2. The highest BCUT2D eigenvalue weighted by Crippen LogP contribution is 2.28. The third kappa shape index (κ3) is 3.63. The van der Waals surface area contributed by atoms with Gasteiger partial charge in [-0.05, 0) is 43.2 Å². The molecular weight excluding hydrogens is 396 g/mol. The molecule has 142 valence electrons. The molecule has 8 heteroatoms. The van der Waals surface area contributed by atoms with E-state index in [1.54, 1.807) is 13.1 Å². The summed E-state index contributed by atoms with van der Waals surface area (Å²) in [5.74, 6) is 0.286. The summed E-state index contributed by atoms with van der Waals surface area (Å²) < 4.78 is 1.93. The number of halogens is 1. The van der Waals surface area contributed by atoms with Gasteiger partial charge in [-0.2, -0.15) is 0 Å². The molecule has 0 aliphatic carbocycles. The van der Waals surface area contributed by atoms with Crippen LogP contribution in [-0.2, 0) is 17.8 Å². The molecule has 4 aromatic rings. The van der Waals surface area contributed by atoms with Crippen LogP contribution < -0.4 is 10.9 Å². The minimum Gasteiger partial charge on any atom is -0.354 e. The number of carbonyl (C=O) groups excluding carboxylic acids is 1. The molecule has 3 heterocycles. The lowest BCUT2D eigenvalue weighted by molar-refractivity contribution is -0.121. The molecule has 0 aliphatic heterocycles. The fourth-order valence-electron chi connectivity index (χ4n) is 3.05. The number of nitrogens with zero attached hydrogens (tertiary/aromatic N) is 3. The average Bonchev–Trinajstić information content (AvgIpc) is 3.05. The standard InChI is InChI=1S/C20H17ClN4O2S/c1-12-24-17-15-3-2-9-23-19(15)28-18(17)20(27)25(12)11-16(26)22-10-8-13-4-6-14(21)7-5-13/h2-7,9H,8,10-11H2,1H3,(H,22,26). The van der Waals surface area contributed by atoms with Crippen molar-refractivity contribution in [2.75, 3.05) is 6.54 Å². The topological polar surface area (TPSA) is 76.9 Å². The van der Waals surface area contributed by atoms with Gasteiger partial charge in [-0.25, -0.2) is 9.97 Å². The highest BCUT2D eigenvalue weighted by molar-refractivity contribution is 7.25. The Balaban J connectivity index is 1.50. The number of hydrogen-bond donors (Lipinski definition) is 1. The lowest BCUT2D eigenvalue weighted by Gasteiger charge is -2.10. The maximum atomic E-state index is 12.9. The highest BCUT2D eigenvalue weighted by Gasteiger charge is 2.16. The molecule has 0 radical (unpaired) electrons. The molecule has 1 N–H and O–H groups in total. The van der Waals surface area contributed by atoms with Crippen molar-refractivity contribution in [2.24, 2.45) is 0 Å². The van der Waals surface area contributed by atoms with Gasteiger partial charge < -0.3 is 5.32 Å². The van der Waals surface area contributed by atoms with E-state index in [9.17, 15) is 9.59 Å². The van der Waals surface area contributed by atoms with E-state index in [-0.39, 0.29) is 18.0 Å². The number of nitrogens with one attached hydrogen (secondary N) is 1. The van der Waals surface area contributed by atoms with Gasteiger partial charge in [0, 0.05) is 23.2 Å². The molecule has 28 heavy (non-hydrogen) atoms. The van der Waals surface area contributed by atoms with E-state index in [1.165, 1.54) is 15.9 Å². The summed E-state index contributed by atoms with van der Waals surface area (Å²) in [6.45, 7) is 2.16. The van der Waals surface area contributed by atoms with Crippen LogP contribution in [0.1, 0.15) is 11.4 Å². The van der Waals surface area contributed by atoms with Crippen molar-refractivity contribution in [2.45, 2.75) is 19.9 Å². The molecule has 0 fully saturated rings. The number of benzene rings is 1. The Bertz CT molecular complexity index is 1230. The van der Waals surface area contributed by atoms with Crippen LogP contribution >= 0.6 is 22.9 Å². The maximum absolute atomic E-state index is 12.9. The van der Waals surface area contributed by atoms with Crippen LogP contribution in [0, 0.1) is 6.92 Å². The SMILES string of the molecule is Cc1nc2c(sc3ncccc32)c(=O)n1CC(=O)NCCc1ccc(Cl)cc1. The van der Waals surface area contributed by atoms with Gasteiger partial charge in [-0.3, -0.25) is 14.2 Å². The van der Waals surface area contributed by atoms with Crippen molar-refractivity contribution >= 4 is 49.3 Å². The summed E-state index contributed by atoms with van der Waals surface area (Å²) in [6.07, 6.45) is 2.38. The van der Waals surface area contributed by atoms with Crippen LogP contribution in [0.5, 0.6) is 0 Å². The van der Waals surface area contributed by atoms with Crippen LogP contribution in [0.15, 0.2) is 47.4 Å². The molecule has 0 saturated carbocycles. The first-order valence-corrected chi connectivity index (χ1v) is 9.98. The second-order valence-corrected chi connectivity index (χ2v) is 7.85. The number of amides is 1. The fraction of sp³-hybridized carbons (Fsp3) is 0.200. The van der Waals surface area contributed by atoms with Crippen LogP contribution in [0.25, 0.3) is 20.4 Å². The lowest BCUT2D eigenvalue weighted by Crippen LogP contribution is -2.34. The Morgan fingerprint density at radius 3 is 2.82 bits per heavy atom. The van der Waals surface area contributed by atoms with Crippen molar-refractivity contribution in [1.29, 1.82) is 0 Å². The second kappa shape index (κ2) is 7.69. The summed E-state index contributed by atoms with van der Waals surface area (Å²) in [7, 11) is 0. The first-order chi connectivity index (χ1) is 13.5. The quantitative estimate of drug-likeness (QED) is 0.545. The average molecular weight is 413 g/mol. The highest BCUT2D eigenvalue weighted by atomic mass is 35.5. The predicted octanol–water partition coefficient (Wildman–Crippen LogP) is 3.33. The summed E-state index contributed by atoms with van der Waals surface area (Å²) in [5, 5.41) is 4.40. The number of pyridine rings is 1. The first-order valence-electron chi connectivity index (χ1n) is 8.79. The molecule has 0 aliphatic rings. The number of hydrogen-bond acceptors (Lipinski definition) is 5. The Labute approximate surface area is 169 Å². The van der Waals surface area contributed by atoms with Gasteiger partial charge in [0.15, 0.2) is 0 Å². The molecular formula is C20H17ClN4O2S. The van der Waals surface area contributed by atoms with Crippen LogP contribution in [0.4, 0.5) is 0 Å². The molecule has 3 aromatic heterocycles. The molecule has 1 amide bonds. The van der Waals surface area contributed by atoms with Gasteiger partial charge >= 0.3 is 0 Å². The lowest BCUT2D eigenvalue weighted by atomic mass is 10.1. The van der Waals surface area contributed by atoms with Gasteiger partial charge in [-0.1, -0.05) is 23.7 Å². The Kier molecular flexibility index (Phi) is 5.11. The fourth-order valence-corrected chi connectivity index (χ4v) is 4.21. The third-order valence-corrected chi connectivity index (χ3v) is 5.84. The zero-order valence-electron chi connectivity index (χ0n) is 15.1. The predicted molar refractivity (Wildman–Crippen MR) is 112 cm³/mol. The van der Waals surface area contributed by atoms with Crippen molar-refractivity contribution in [3.63, 3.8) is 0 Å². The van der Waals surface area contributed by atoms with Gasteiger partial charge in [0.05, 0.1) is 5.52 Å². The van der Waals surface area contributed by atoms with Crippen molar-refractivity contribution in [3.8, 4) is 0 Å². The maximum Gasteiger partial charge on any atom is 0.272 e. The molecule has 0 unspecified atom stereocenters. The van der Waals surface area contributed by atoms with E-state index in [4.69, 9.17) is 11.6 Å². The molecule has 0 bridgehead atoms. The van der Waals surface area contributed by atoms with E-state index in [2.05, 4.69) is 15.3 Å². The van der Waals surface area contributed by atoms with Crippen molar-refractivity contribution in [3.05, 3.63) is 69.4 Å². The smallest absolute Gasteiger partial charge is 0.272 e. The number of aromatic nitrogens is 3. The molecule has 6 nitrogen and oxygen atoms in total. The Morgan fingerprint density at radius 2 is 2.04 bits per heavy atom. The van der Waals surface area contributed by atoms with Crippen LogP contribution in [0.3, 0.4) is 0 Å². The first kappa shape index (κ1) is 18.6.